The van der Waals surface area contributed by atoms with Crippen molar-refractivity contribution in [3.63, 3.8) is 0 Å². The lowest BCUT2D eigenvalue weighted by Crippen LogP contribution is -2.31. The van der Waals surface area contributed by atoms with Crippen molar-refractivity contribution in [1.29, 1.82) is 0 Å². The first-order valence-corrected chi connectivity index (χ1v) is 12.3. The topological polar surface area (TPSA) is 80.1 Å². The van der Waals surface area contributed by atoms with E-state index in [2.05, 4.69) is 10.3 Å². The Morgan fingerprint density at radius 1 is 1.06 bits per heavy atom. The molecule has 0 bridgehead atoms. The van der Waals surface area contributed by atoms with E-state index >= 15 is 0 Å². The van der Waals surface area contributed by atoms with Gasteiger partial charge in [-0.2, -0.15) is 0 Å². The normalized spacial score (nSPS) is 11.1. The lowest BCUT2D eigenvalue weighted by molar-refractivity contribution is -0.118. The minimum Gasteiger partial charge on any atom is -0.330 e. The van der Waals surface area contributed by atoms with E-state index in [1.165, 1.54) is 11.3 Å². The van der Waals surface area contributed by atoms with Crippen LogP contribution in [0.15, 0.2) is 73.1 Å². The van der Waals surface area contributed by atoms with Crippen molar-refractivity contribution < 1.29 is 9.59 Å². The van der Waals surface area contributed by atoms with Crippen LogP contribution in [0.2, 0.25) is 0 Å². The molecule has 35 heavy (non-hydrogen) atoms. The van der Waals surface area contributed by atoms with E-state index in [0.717, 1.165) is 39.1 Å². The van der Waals surface area contributed by atoms with Gasteiger partial charge in [-0.1, -0.05) is 19.1 Å². The predicted octanol–water partition coefficient (Wildman–Crippen LogP) is 5.77. The Morgan fingerprint density at radius 2 is 1.86 bits per heavy atom. The Morgan fingerprint density at radius 3 is 2.63 bits per heavy atom. The monoisotopic (exact) mass is 483 g/mol. The van der Waals surface area contributed by atoms with E-state index < -0.39 is 0 Å². The van der Waals surface area contributed by atoms with Crippen molar-refractivity contribution in [1.82, 2.24) is 14.5 Å². The number of aryl methyl sites for hydroxylation is 1. The van der Waals surface area contributed by atoms with E-state index in [0.29, 0.717) is 23.5 Å². The largest absolute Gasteiger partial charge is 0.330 e. The summed E-state index contributed by atoms with van der Waals surface area (Å²) in [5, 5.41) is 3.82. The number of nitrogens with zero attached hydrogens (tertiary/aromatic N) is 4. The van der Waals surface area contributed by atoms with Gasteiger partial charge < -0.3 is 14.8 Å². The average molecular weight is 484 g/mol. The van der Waals surface area contributed by atoms with E-state index in [4.69, 9.17) is 4.98 Å². The molecule has 0 unspecified atom stereocenters. The maximum atomic E-state index is 13.1. The molecule has 0 radical (unpaired) electrons. The Bertz CT molecular complexity index is 1520. The average Bonchev–Trinajstić information content (AvgIpc) is 3.44. The maximum Gasteiger partial charge on any atom is 0.265 e. The van der Waals surface area contributed by atoms with Crippen LogP contribution in [0.25, 0.3) is 21.1 Å². The molecule has 5 aromatic rings. The highest BCUT2D eigenvalue weighted by Gasteiger charge is 2.20. The number of benzene rings is 2. The fraction of sp³-hybridized carbons (Fsp3) is 0.185. The van der Waals surface area contributed by atoms with Gasteiger partial charge in [-0.15, -0.1) is 11.3 Å². The fourth-order valence-electron chi connectivity index (χ4n) is 4.09. The number of carbonyl (C=O) groups excluding carboxylic acids is 2. The highest BCUT2D eigenvalue weighted by atomic mass is 32.1. The number of imidazole rings is 1. The molecule has 0 atom stereocenters. The number of rotatable bonds is 7. The molecule has 0 spiro atoms. The molecule has 3 aromatic heterocycles. The molecule has 1 N–H and O–H groups in total. The molecule has 7 nitrogen and oxygen atoms in total. The van der Waals surface area contributed by atoms with E-state index in [-0.39, 0.29) is 11.8 Å². The van der Waals surface area contributed by atoms with Crippen molar-refractivity contribution in [3.05, 3.63) is 83.8 Å². The van der Waals surface area contributed by atoms with Gasteiger partial charge in [0.15, 0.2) is 0 Å². The zero-order valence-corrected chi connectivity index (χ0v) is 20.4. The second-order valence-corrected chi connectivity index (χ2v) is 9.41. The number of fused-ring (bicyclic) bond motifs is 2. The standard InChI is InChI=1S/C27H25N5O2S/c1-3-6-26(33)32(17-25-30-21-7-4-5-8-22(21)31(25)2)20-9-10-23-18(15-20)16-24(35-23)27(34)29-19-11-13-28-14-12-19/h4-5,7-16H,3,6,17H2,1-2H3,(H,28,29,34). The summed E-state index contributed by atoms with van der Waals surface area (Å²) < 4.78 is 3.02. The van der Waals surface area contributed by atoms with Crippen molar-refractivity contribution >= 4 is 55.6 Å². The molecule has 0 aliphatic carbocycles. The summed E-state index contributed by atoms with van der Waals surface area (Å²) in [6.07, 6.45) is 4.49. The number of nitrogens with one attached hydrogen (secondary N) is 1. The molecule has 2 aromatic carbocycles. The lowest BCUT2D eigenvalue weighted by atomic mass is 10.2. The number of hydrogen-bond acceptors (Lipinski definition) is 5. The Kier molecular flexibility index (Phi) is 6.29. The number of anilines is 2. The molecular weight excluding hydrogens is 458 g/mol. The number of thiophene rings is 1. The molecule has 5 rings (SSSR count). The first kappa shape index (κ1) is 22.7. The van der Waals surface area contributed by atoms with Crippen molar-refractivity contribution in [2.24, 2.45) is 7.05 Å². The van der Waals surface area contributed by atoms with Gasteiger partial charge in [0.1, 0.15) is 5.82 Å². The van der Waals surface area contributed by atoms with Gasteiger partial charge in [-0.05, 0) is 60.3 Å². The minimum atomic E-state index is -0.169. The highest BCUT2D eigenvalue weighted by molar-refractivity contribution is 7.20. The second-order valence-electron chi connectivity index (χ2n) is 8.33. The maximum absolute atomic E-state index is 13.1. The number of pyridine rings is 1. The summed E-state index contributed by atoms with van der Waals surface area (Å²) in [7, 11) is 1.98. The molecule has 0 aliphatic heterocycles. The van der Waals surface area contributed by atoms with E-state index in [9.17, 15) is 9.59 Å². The molecule has 0 saturated carbocycles. The van der Waals surface area contributed by atoms with Gasteiger partial charge in [-0.25, -0.2) is 4.98 Å². The van der Waals surface area contributed by atoms with Crippen molar-refractivity contribution in [2.45, 2.75) is 26.3 Å². The zero-order valence-electron chi connectivity index (χ0n) is 19.6. The van der Waals surface area contributed by atoms with Crippen LogP contribution < -0.4 is 10.2 Å². The first-order valence-electron chi connectivity index (χ1n) is 11.5. The molecule has 8 heteroatoms. The lowest BCUT2D eigenvalue weighted by Gasteiger charge is -2.23. The van der Waals surface area contributed by atoms with Gasteiger partial charge in [-0.3, -0.25) is 14.6 Å². The van der Waals surface area contributed by atoms with Crippen molar-refractivity contribution in [2.75, 3.05) is 10.2 Å². The van der Waals surface area contributed by atoms with Crippen molar-refractivity contribution in [3.8, 4) is 0 Å². The molecule has 3 heterocycles. The molecular formula is C27H25N5O2S. The summed E-state index contributed by atoms with van der Waals surface area (Å²) in [5.74, 6) is 0.695. The van der Waals surface area contributed by atoms with E-state index in [1.807, 2.05) is 67.1 Å². The van der Waals surface area contributed by atoms with Crippen LogP contribution in [-0.4, -0.2) is 26.3 Å². The number of aromatic nitrogens is 3. The minimum absolute atomic E-state index is 0.0461. The Balaban J connectivity index is 1.46. The SMILES string of the molecule is CCCC(=O)N(Cc1nc2ccccc2n1C)c1ccc2sc(C(=O)Nc3ccncc3)cc2c1. The first-order chi connectivity index (χ1) is 17.0. The van der Waals surface area contributed by atoms with Gasteiger partial charge in [0.25, 0.3) is 5.91 Å². The number of hydrogen-bond donors (Lipinski definition) is 1. The van der Waals surface area contributed by atoms with Crippen LogP contribution in [0.4, 0.5) is 11.4 Å². The predicted molar refractivity (Wildman–Crippen MR) is 141 cm³/mol. The van der Waals surface area contributed by atoms with Gasteiger partial charge >= 0.3 is 0 Å². The van der Waals surface area contributed by atoms with Crippen LogP contribution >= 0.6 is 11.3 Å². The summed E-state index contributed by atoms with van der Waals surface area (Å²) >= 11 is 1.43. The Labute approximate surface area is 207 Å². The third-order valence-electron chi connectivity index (χ3n) is 5.92. The zero-order chi connectivity index (χ0) is 24.4. The quantitative estimate of drug-likeness (QED) is 0.319. The summed E-state index contributed by atoms with van der Waals surface area (Å²) in [5.41, 5.74) is 3.43. The van der Waals surface area contributed by atoms with Crippen LogP contribution in [-0.2, 0) is 18.4 Å². The highest BCUT2D eigenvalue weighted by Crippen LogP contribution is 2.31. The van der Waals surface area contributed by atoms with Crippen LogP contribution in [0.5, 0.6) is 0 Å². The molecule has 0 fully saturated rings. The molecule has 176 valence electrons. The third kappa shape index (κ3) is 4.65. The number of amides is 2. The molecule has 0 aliphatic rings. The van der Waals surface area contributed by atoms with Crippen LogP contribution in [0.1, 0.15) is 35.3 Å². The Hall–Kier alpha value is -4.04. The van der Waals surface area contributed by atoms with Gasteiger partial charge in [0.2, 0.25) is 5.91 Å². The third-order valence-corrected chi connectivity index (χ3v) is 7.03. The molecule has 2 amide bonds. The fourth-order valence-corrected chi connectivity index (χ4v) is 5.03. The van der Waals surface area contributed by atoms with Gasteiger partial charge in [0, 0.05) is 41.9 Å². The van der Waals surface area contributed by atoms with Crippen LogP contribution in [0, 0.1) is 0 Å². The summed E-state index contributed by atoms with van der Waals surface area (Å²) in [6, 6.07) is 19.2. The summed E-state index contributed by atoms with van der Waals surface area (Å²) in [6.45, 7) is 2.37. The van der Waals surface area contributed by atoms with Crippen LogP contribution in [0.3, 0.4) is 0 Å². The number of para-hydroxylation sites is 2. The van der Waals surface area contributed by atoms with E-state index in [1.54, 1.807) is 29.4 Å². The summed E-state index contributed by atoms with van der Waals surface area (Å²) in [4.78, 5) is 37.0. The second kappa shape index (κ2) is 9.68. The smallest absolute Gasteiger partial charge is 0.265 e. The number of carbonyl (C=O) groups is 2. The molecule has 0 saturated heterocycles. The van der Waals surface area contributed by atoms with Gasteiger partial charge in [0.05, 0.1) is 22.5 Å².